The Morgan fingerprint density at radius 3 is 2.72 bits per heavy atom. The van der Waals surface area contributed by atoms with Crippen molar-refractivity contribution in [3.8, 4) is 0 Å². The van der Waals surface area contributed by atoms with E-state index in [1.807, 2.05) is 12.1 Å². The fourth-order valence-corrected chi connectivity index (χ4v) is 2.59. The number of hydrogen-bond acceptors (Lipinski definition) is 4. The van der Waals surface area contributed by atoms with Crippen LogP contribution in [0.3, 0.4) is 0 Å². The lowest BCUT2D eigenvalue weighted by molar-refractivity contribution is 0.280. The Morgan fingerprint density at radius 1 is 1.39 bits per heavy atom. The van der Waals surface area contributed by atoms with Gasteiger partial charge in [-0.05, 0) is 50.6 Å². The summed E-state index contributed by atoms with van der Waals surface area (Å²) in [6.07, 6.45) is 4.24. The minimum atomic E-state index is 0.0899. The molecular formula is C14H23N3O. The molecule has 0 bridgehead atoms. The molecule has 1 fully saturated rings. The van der Waals surface area contributed by atoms with E-state index >= 15 is 0 Å². The summed E-state index contributed by atoms with van der Waals surface area (Å²) in [5, 5.41) is 9.15. The molecule has 1 aromatic heterocycles. The molecule has 4 nitrogen and oxygen atoms in total. The molecule has 0 spiro atoms. The second kappa shape index (κ2) is 6.16. The standard InChI is InChI=1S/C14H23N3O/c1-16(2)10-12-4-7-17(8-5-12)14-9-13(11-18)3-6-15-14/h3,6,9,12,18H,4-5,7-8,10-11H2,1-2H3. The third-order valence-electron chi connectivity index (χ3n) is 3.55. The second-order valence-electron chi connectivity index (χ2n) is 5.37. The van der Waals surface area contributed by atoms with Gasteiger partial charge in [-0.1, -0.05) is 0 Å². The average Bonchev–Trinajstić information content (AvgIpc) is 2.39. The van der Waals surface area contributed by atoms with Crippen LogP contribution in [0.2, 0.25) is 0 Å². The first-order valence-corrected chi connectivity index (χ1v) is 6.64. The summed E-state index contributed by atoms with van der Waals surface area (Å²) < 4.78 is 0. The normalized spacial score (nSPS) is 17.4. The molecule has 0 amide bonds. The molecule has 1 aliphatic heterocycles. The van der Waals surface area contributed by atoms with Gasteiger partial charge in [0.05, 0.1) is 6.61 Å². The fourth-order valence-electron chi connectivity index (χ4n) is 2.59. The molecular weight excluding hydrogens is 226 g/mol. The topological polar surface area (TPSA) is 39.6 Å². The van der Waals surface area contributed by atoms with Crippen LogP contribution in [0.25, 0.3) is 0 Å². The minimum Gasteiger partial charge on any atom is -0.392 e. The molecule has 0 atom stereocenters. The first-order chi connectivity index (χ1) is 8.69. The van der Waals surface area contributed by atoms with Crippen molar-refractivity contribution in [2.75, 3.05) is 38.6 Å². The molecule has 1 aliphatic rings. The summed E-state index contributed by atoms with van der Waals surface area (Å²) in [7, 11) is 4.28. The molecule has 1 saturated heterocycles. The number of hydrogen-bond donors (Lipinski definition) is 1. The summed E-state index contributed by atoms with van der Waals surface area (Å²) >= 11 is 0. The van der Waals surface area contributed by atoms with Crippen molar-refractivity contribution in [2.24, 2.45) is 5.92 Å². The Kier molecular flexibility index (Phi) is 4.55. The fraction of sp³-hybridized carbons (Fsp3) is 0.643. The van der Waals surface area contributed by atoms with E-state index in [1.165, 1.54) is 19.4 Å². The van der Waals surface area contributed by atoms with E-state index in [4.69, 9.17) is 5.11 Å². The highest BCUT2D eigenvalue weighted by Crippen LogP contribution is 2.22. The monoisotopic (exact) mass is 249 g/mol. The Hall–Kier alpha value is -1.13. The highest BCUT2D eigenvalue weighted by molar-refractivity contribution is 5.41. The van der Waals surface area contributed by atoms with E-state index in [-0.39, 0.29) is 6.61 Å². The highest BCUT2D eigenvalue weighted by atomic mass is 16.3. The van der Waals surface area contributed by atoms with Crippen LogP contribution in [0.1, 0.15) is 18.4 Å². The summed E-state index contributed by atoms with van der Waals surface area (Å²) in [6.45, 7) is 3.41. The Morgan fingerprint density at radius 2 is 2.11 bits per heavy atom. The number of piperidine rings is 1. The van der Waals surface area contributed by atoms with Crippen molar-refractivity contribution in [3.05, 3.63) is 23.9 Å². The zero-order chi connectivity index (χ0) is 13.0. The van der Waals surface area contributed by atoms with Crippen LogP contribution in [0.5, 0.6) is 0 Å². The van der Waals surface area contributed by atoms with Gasteiger partial charge in [0, 0.05) is 25.8 Å². The van der Waals surface area contributed by atoms with Gasteiger partial charge >= 0.3 is 0 Å². The van der Waals surface area contributed by atoms with Crippen LogP contribution < -0.4 is 4.90 Å². The molecule has 2 heterocycles. The predicted octanol–water partition coefficient (Wildman–Crippen LogP) is 1.35. The number of anilines is 1. The number of aliphatic hydroxyl groups excluding tert-OH is 1. The quantitative estimate of drug-likeness (QED) is 0.874. The molecule has 0 radical (unpaired) electrons. The molecule has 1 N–H and O–H groups in total. The molecule has 0 aliphatic carbocycles. The van der Waals surface area contributed by atoms with Crippen LogP contribution in [0, 0.1) is 5.92 Å². The maximum atomic E-state index is 9.15. The lowest BCUT2D eigenvalue weighted by atomic mass is 9.96. The number of nitrogens with zero attached hydrogens (tertiary/aromatic N) is 3. The number of aliphatic hydroxyl groups is 1. The average molecular weight is 249 g/mol. The first kappa shape index (κ1) is 13.3. The Balaban J connectivity index is 1.92. The van der Waals surface area contributed by atoms with Crippen molar-refractivity contribution < 1.29 is 5.11 Å². The zero-order valence-electron chi connectivity index (χ0n) is 11.3. The molecule has 0 aromatic carbocycles. The molecule has 0 saturated carbocycles. The van der Waals surface area contributed by atoms with Crippen LogP contribution in [-0.4, -0.2) is 48.7 Å². The van der Waals surface area contributed by atoms with Gasteiger partial charge in [-0.15, -0.1) is 0 Å². The summed E-state index contributed by atoms with van der Waals surface area (Å²) in [5.41, 5.74) is 0.940. The number of aromatic nitrogens is 1. The van der Waals surface area contributed by atoms with Crippen LogP contribution in [0.15, 0.2) is 18.3 Å². The van der Waals surface area contributed by atoms with Crippen molar-refractivity contribution in [1.82, 2.24) is 9.88 Å². The third kappa shape index (κ3) is 3.43. The van der Waals surface area contributed by atoms with E-state index in [0.717, 1.165) is 30.4 Å². The van der Waals surface area contributed by atoms with Crippen molar-refractivity contribution >= 4 is 5.82 Å². The van der Waals surface area contributed by atoms with Gasteiger partial charge in [0.15, 0.2) is 0 Å². The van der Waals surface area contributed by atoms with Gasteiger partial charge in [-0.25, -0.2) is 4.98 Å². The first-order valence-electron chi connectivity index (χ1n) is 6.64. The van der Waals surface area contributed by atoms with Crippen LogP contribution >= 0.6 is 0 Å². The van der Waals surface area contributed by atoms with E-state index in [2.05, 4.69) is 28.9 Å². The maximum absolute atomic E-state index is 9.15. The highest BCUT2D eigenvalue weighted by Gasteiger charge is 2.20. The van der Waals surface area contributed by atoms with Gasteiger partial charge in [0.1, 0.15) is 5.82 Å². The van der Waals surface area contributed by atoms with Gasteiger partial charge < -0.3 is 14.9 Å². The van der Waals surface area contributed by atoms with E-state index in [9.17, 15) is 0 Å². The predicted molar refractivity (Wildman–Crippen MR) is 73.7 cm³/mol. The minimum absolute atomic E-state index is 0.0899. The summed E-state index contributed by atoms with van der Waals surface area (Å²) in [4.78, 5) is 8.99. The molecule has 0 unspecified atom stereocenters. The second-order valence-corrected chi connectivity index (χ2v) is 5.37. The zero-order valence-corrected chi connectivity index (χ0v) is 11.3. The maximum Gasteiger partial charge on any atom is 0.128 e. The SMILES string of the molecule is CN(C)CC1CCN(c2cc(CO)ccn2)CC1. The van der Waals surface area contributed by atoms with E-state index in [0.29, 0.717) is 0 Å². The van der Waals surface area contributed by atoms with Crippen LogP contribution in [0.4, 0.5) is 5.82 Å². The van der Waals surface area contributed by atoms with Gasteiger partial charge in [0.25, 0.3) is 0 Å². The molecule has 1 aromatic rings. The molecule has 4 heteroatoms. The van der Waals surface area contributed by atoms with Crippen molar-refractivity contribution in [1.29, 1.82) is 0 Å². The van der Waals surface area contributed by atoms with Crippen molar-refractivity contribution in [3.63, 3.8) is 0 Å². The molecule has 100 valence electrons. The van der Waals surface area contributed by atoms with Crippen LogP contribution in [-0.2, 0) is 6.61 Å². The third-order valence-corrected chi connectivity index (χ3v) is 3.55. The van der Waals surface area contributed by atoms with Crippen molar-refractivity contribution in [2.45, 2.75) is 19.4 Å². The summed E-state index contributed by atoms with van der Waals surface area (Å²) in [6, 6.07) is 3.86. The largest absolute Gasteiger partial charge is 0.392 e. The van der Waals surface area contributed by atoms with Gasteiger partial charge in [-0.3, -0.25) is 0 Å². The van der Waals surface area contributed by atoms with E-state index < -0.39 is 0 Å². The molecule has 18 heavy (non-hydrogen) atoms. The lowest BCUT2D eigenvalue weighted by Gasteiger charge is -2.34. The van der Waals surface area contributed by atoms with E-state index in [1.54, 1.807) is 6.20 Å². The van der Waals surface area contributed by atoms with Gasteiger partial charge in [-0.2, -0.15) is 0 Å². The number of rotatable bonds is 4. The lowest BCUT2D eigenvalue weighted by Crippen LogP contribution is -2.37. The summed E-state index contributed by atoms with van der Waals surface area (Å²) in [5.74, 6) is 1.81. The molecule has 2 rings (SSSR count). The smallest absolute Gasteiger partial charge is 0.128 e. The van der Waals surface area contributed by atoms with Gasteiger partial charge in [0.2, 0.25) is 0 Å². The Bertz CT molecular complexity index is 373. The Labute approximate surface area is 109 Å². The number of pyridine rings is 1.